The zero-order chi connectivity index (χ0) is 14.5. The second-order valence-corrected chi connectivity index (χ2v) is 4.47. The highest BCUT2D eigenvalue weighted by Gasteiger charge is 2.15. The molecule has 0 spiro atoms. The second kappa shape index (κ2) is 6.10. The number of ether oxygens (including phenoxy) is 1. The lowest BCUT2D eigenvalue weighted by atomic mass is 10.1. The Balaban J connectivity index is 1.91. The lowest BCUT2D eigenvalue weighted by Crippen LogP contribution is -2.26. The van der Waals surface area contributed by atoms with Crippen LogP contribution < -0.4 is 15.8 Å². The minimum atomic E-state index is -0.211. The minimum Gasteiger partial charge on any atom is -0.497 e. The lowest BCUT2D eigenvalue weighted by Gasteiger charge is -2.06. The molecule has 0 aliphatic carbocycles. The van der Waals surface area contributed by atoms with E-state index in [1.165, 1.54) is 0 Å². The average Bonchev–Trinajstić information content (AvgIpc) is 2.78. The zero-order valence-electron chi connectivity index (χ0n) is 11.6. The highest BCUT2D eigenvalue weighted by Crippen LogP contribution is 2.13. The number of methoxy groups -OCH3 is 1. The smallest absolute Gasteiger partial charge is 0.256 e. The van der Waals surface area contributed by atoms with Gasteiger partial charge in [-0.1, -0.05) is 12.1 Å². The van der Waals surface area contributed by atoms with Crippen LogP contribution in [0.5, 0.6) is 5.75 Å². The van der Waals surface area contributed by atoms with Crippen molar-refractivity contribution in [2.45, 2.75) is 13.3 Å². The maximum atomic E-state index is 12.0. The Kier molecular flexibility index (Phi) is 4.24. The van der Waals surface area contributed by atoms with Crippen molar-refractivity contribution in [2.24, 2.45) is 0 Å². The predicted molar refractivity (Wildman–Crippen MR) is 76.8 cm³/mol. The number of carbonyl (C=O) groups is 1. The molecular weight excluding hydrogens is 256 g/mol. The van der Waals surface area contributed by atoms with E-state index >= 15 is 0 Å². The molecule has 2 aromatic rings. The Hall–Kier alpha value is -2.50. The molecule has 0 radical (unpaired) electrons. The molecule has 0 bridgehead atoms. The molecule has 0 unspecified atom stereocenters. The SMILES string of the molecule is COc1cccc(CCNC(=O)c2c(N)n[nH]c2C)c1. The molecule has 0 saturated carbocycles. The fourth-order valence-corrected chi connectivity index (χ4v) is 1.97. The number of carbonyl (C=O) groups excluding carboxylic acids is 1. The number of H-pyrrole nitrogens is 1. The van der Waals surface area contributed by atoms with Crippen LogP contribution >= 0.6 is 0 Å². The van der Waals surface area contributed by atoms with E-state index in [2.05, 4.69) is 15.5 Å². The number of aromatic nitrogens is 2. The monoisotopic (exact) mass is 274 g/mol. The number of nitrogen functional groups attached to an aromatic ring is 1. The second-order valence-electron chi connectivity index (χ2n) is 4.47. The first-order valence-electron chi connectivity index (χ1n) is 6.33. The van der Waals surface area contributed by atoms with Gasteiger partial charge in [0.1, 0.15) is 11.3 Å². The summed E-state index contributed by atoms with van der Waals surface area (Å²) in [6.07, 6.45) is 0.722. The lowest BCUT2D eigenvalue weighted by molar-refractivity contribution is 0.0954. The number of nitrogens with one attached hydrogen (secondary N) is 2. The van der Waals surface area contributed by atoms with Crippen LogP contribution in [0.3, 0.4) is 0 Å². The van der Waals surface area contributed by atoms with Gasteiger partial charge in [0.2, 0.25) is 0 Å². The third-order valence-electron chi connectivity index (χ3n) is 3.04. The Morgan fingerprint density at radius 3 is 2.95 bits per heavy atom. The fourth-order valence-electron chi connectivity index (χ4n) is 1.97. The Morgan fingerprint density at radius 2 is 2.30 bits per heavy atom. The van der Waals surface area contributed by atoms with Crippen molar-refractivity contribution < 1.29 is 9.53 Å². The summed E-state index contributed by atoms with van der Waals surface area (Å²) in [5.41, 5.74) is 7.82. The molecule has 0 atom stereocenters. The van der Waals surface area contributed by atoms with Crippen LogP contribution in [-0.4, -0.2) is 29.8 Å². The van der Waals surface area contributed by atoms with E-state index in [9.17, 15) is 4.79 Å². The van der Waals surface area contributed by atoms with E-state index in [0.717, 1.165) is 17.7 Å². The maximum absolute atomic E-state index is 12.0. The summed E-state index contributed by atoms with van der Waals surface area (Å²) in [6.45, 7) is 2.29. The van der Waals surface area contributed by atoms with Crippen molar-refractivity contribution in [1.29, 1.82) is 0 Å². The number of anilines is 1. The minimum absolute atomic E-state index is 0.211. The molecule has 2 rings (SSSR count). The van der Waals surface area contributed by atoms with Crippen molar-refractivity contribution in [3.8, 4) is 5.75 Å². The highest BCUT2D eigenvalue weighted by molar-refractivity contribution is 5.99. The topological polar surface area (TPSA) is 93.0 Å². The molecule has 6 nitrogen and oxygen atoms in total. The van der Waals surface area contributed by atoms with Gasteiger partial charge in [0.15, 0.2) is 5.82 Å². The standard InChI is InChI=1S/C14H18N4O2/c1-9-12(13(15)18-17-9)14(19)16-7-6-10-4-3-5-11(8-10)20-2/h3-5,8H,6-7H2,1-2H3,(H,16,19)(H3,15,17,18). The van der Waals surface area contributed by atoms with Crippen LogP contribution in [0.25, 0.3) is 0 Å². The third kappa shape index (κ3) is 3.09. The summed E-state index contributed by atoms with van der Waals surface area (Å²) >= 11 is 0. The van der Waals surface area contributed by atoms with Gasteiger partial charge in [0.05, 0.1) is 7.11 Å². The molecule has 0 fully saturated rings. The van der Waals surface area contributed by atoms with E-state index in [1.807, 2.05) is 24.3 Å². The summed E-state index contributed by atoms with van der Waals surface area (Å²) in [7, 11) is 1.63. The number of rotatable bonds is 5. The summed E-state index contributed by atoms with van der Waals surface area (Å²) in [5, 5.41) is 9.32. The van der Waals surface area contributed by atoms with E-state index in [1.54, 1.807) is 14.0 Å². The Morgan fingerprint density at radius 1 is 1.50 bits per heavy atom. The highest BCUT2D eigenvalue weighted by atomic mass is 16.5. The number of amides is 1. The van der Waals surface area contributed by atoms with Crippen LogP contribution in [0.2, 0.25) is 0 Å². The van der Waals surface area contributed by atoms with Gasteiger partial charge in [-0.15, -0.1) is 0 Å². The molecular formula is C14H18N4O2. The summed E-state index contributed by atoms with van der Waals surface area (Å²) in [6, 6.07) is 7.75. The molecule has 0 aliphatic heterocycles. The summed E-state index contributed by atoms with van der Waals surface area (Å²) in [4.78, 5) is 12.0. The van der Waals surface area contributed by atoms with Gasteiger partial charge >= 0.3 is 0 Å². The van der Waals surface area contributed by atoms with Gasteiger partial charge in [-0.25, -0.2) is 0 Å². The molecule has 1 aromatic heterocycles. The van der Waals surface area contributed by atoms with Crippen LogP contribution in [0.1, 0.15) is 21.6 Å². The van der Waals surface area contributed by atoms with Gasteiger partial charge < -0.3 is 15.8 Å². The van der Waals surface area contributed by atoms with Crippen molar-refractivity contribution >= 4 is 11.7 Å². The molecule has 106 valence electrons. The van der Waals surface area contributed by atoms with Crippen LogP contribution in [0.15, 0.2) is 24.3 Å². The molecule has 4 N–H and O–H groups in total. The van der Waals surface area contributed by atoms with Crippen LogP contribution in [0.4, 0.5) is 5.82 Å². The number of benzene rings is 1. The number of nitrogens with two attached hydrogens (primary N) is 1. The predicted octanol–water partition coefficient (Wildman–Crippen LogP) is 1.28. The van der Waals surface area contributed by atoms with E-state index in [4.69, 9.17) is 10.5 Å². The fraction of sp³-hybridized carbons (Fsp3) is 0.286. The zero-order valence-corrected chi connectivity index (χ0v) is 11.6. The van der Waals surface area contributed by atoms with Gasteiger partial charge in [-0.2, -0.15) is 5.10 Å². The number of nitrogens with zero attached hydrogens (tertiary/aromatic N) is 1. The first-order valence-corrected chi connectivity index (χ1v) is 6.33. The van der Waals surface area contributed by atoms with Gasteiger partial charge in [0.25, 0.3) is 5.91 Å². The van der Waals surface area contributed by atoms with Crippen molar-refractivity contribution in [2.75, 3.05) is 19.4 Å². The summed E-state index contributed by atoms with van der Waals surface area (Å²) < 4.78 is 5.16. The maximum Gasteiger partial charge on any atom is 0.256 e. The molecule has 1 amide bonds. The Labute approximate surface area is 117 Å². The molecule has 20 heavy (non-hydrogen) atoms. The first kappa shape index (κ1) is 13.9. The van der Waals surface area contributed by atoms with Crippen molar-refractivity contribution in [3.05, 3.63) is 41.1 Å². The van der Waals surface area contributed by atoms with Gasteiger partial charge in [0, 0.05) is 12.2 Å². The van der Waals surface area contributed by atoms with E-state index in [0.29, 0.717) is 17.8 Å². The molecule has 1 heterocycles. The number of hydrogen-bond donors (Lipinski definition) is 3. The van der Waals surface area contributed by atoms with Crippen LogP contribution in [-0.2, 0) is 6.42 Å². The molecule has 0 aliphatic rings. The largest absolute Gasteiger partial charge is 0.497 e. The van der Waals surface area contributed by atoms with Gasteiger partial charge in [-0.3, -0.25) is 9.89 Å². The normalized spacial score (nSPS) is 10.3. The first-order chi connectivity index (χ1) is 9.61. The molecule has 0 saturated heterocycles. The average molecular weight is 274 g/mol. The van der Waals surface area contributed by atoms with Crippen molar-refractivity contribution in [1.82, 2.24) is 15.5 Å². The molecule has 6 heteroatoms. The number of aryl methyl sites for hydroxylation is 1. The quantitative estimate of drug-likeness (QED) is 0.765. The van der Waals surface area contributed by atoms with Crippen molar-refractivity contribution in [3.63, 3.8) is 0 Å². The van der Waals surface area contributed by atoms with E-state index < -0.39 is 0 Å². The van der Waals surface area contributed by atoms with E-state index in [-0.39, 0.29) is 11.7 Å². The Bertz CT molecular complexity index is 587. The third-order valence-corrected chi connectivity index (χ3v) is 3.04. The molecule has 1 aromatic carbocycles. The number of hydrogen-bond acceptors (Lipinski definition) is 4. The van der Waals surface area contributed by atoms with Gasteiger partial charge in [-0.05, 0) is 31.0 Å². The number of aromatic amines is 1. The summed E-state index contributed by atoms with van der Waals surface area (Å²) in [5.74, 6) is 0.821. The van der Waals surface area contributed by atoms with Crippen LogP contribution in [0, 0.1) is 6.92 Å².